The zero-order valence-corrected chi connectivity index (χ0v) is 12.6. The van der Waals surface area contributed by atoms with E-state index < -0.39 is 4.92 Å². The van der Waals surface area contributed by atoms with Crippen LogP contribution in [0.1, 0.15) is 11.1 Å². The Balaban J connectivity index is 1.98. The Labute approximate surface area is 125 Å². The van der Waals surface area contributed by atoms with Gasteiger partial charge in [-0.3, -0.25) is 10.1 Å². The first kappa shape index (κ1) is 14.5. The van der Waals surface area contributed by atoms with E-state index >= 15 is 0 Å². The average molecular weight is 336 g/mol. The van der Waals surface area contributed by atoms with Crippen molar-refractivity contribution in [3.63, 3.8) is 0 Å². The topological polar surface area (TPSA) is 68.1 Å². The highest BCUT2D eigenvalue weighted by Gasteiger charge is 2.10. The van der Waals surface area contributed by atoms with Gasteiger partial charge in [-0.1, -0.05) is 24.3 Å². The lowest BCUT2D eigenvalue weighted by atomic mass is 10.1. The van der Waals surface area contributed by atoms with Crippen LogP contribution in [0.4, 0.5) is 11.5 Å². The van der Waals surface area contributed by atoms with Crippen LogP contribution in [0.25, 0.3) is 0 Å². The molecule has 0 fully saturated rings. The molecule has 0 bridgehead atoms. The summed E-state index contributed by atoms with van der Waals surface area (Å²) < 4.78 is 0.594. The number of aryl methyl sites for hydroxylation is 1. The summed E-state index contributed by atoms with van der Waals surface area (Å²) in [4.78, 5) is 14.2. The zero-order valence-electron chi connectivity index (χ0n) is 11.0. The molecule has 1 aromatic carbocycles. The molecule has 6 heteroatoms. The van der Waals surface area contributed by atoms with Gasteiger partial charge in [0.1, 0.15) is 12.0 Å². The number of nitrogens with zero attached hydrogens (tertiary/aromatic N) is 2. The highest BCUT2D eigenvalue weighted by molar-refractivity contribution is 9.10. The van der Waals surface area contributed by atoms with Crippen LogP contribution in [-0.2, 0) is 6.42 Å². The summed E-state index contributed by atoms with van der Waals surface area (Å²) in [5, 5.41) is 13.8. The van der Waals surface area contributed by atoms with Crippen LogP contribution < -0.4 is 5.32 Å². The maximum atomic E-state index is 10.6. The molecule has 0 saturated heterocycles. The first-order valence-electron chi connectivity index (χ1n) is 6.16. The molecule has 0 aliphatic carbocycles. The second-order valence-corrected chi connectivity index (χ2v) is 5.24. The van der Waals surface area contributed by atoms with Crippen LogP contribution in [0.5, 0.6) is 0 Å². The molecule has 1 heterocycles. The van der Waals surface area contributed by atoms with E-state index in [1.54, 1.807) is 0 Å². The molecule has 0 aliphatic heterocycles. The first-order valence-corrected chi connectivity index (χ1v) is 6.95. The highest BCUT2D eigenvalue weighted by atomic mass is 79.9. The van der Waals surface area contributed by atoms with Crippen LogP contribution in [-0.4, -0.2) is 16.5 Å². The molecule has 0 amide bonds. The molecule has 2 rings (SSSR count). The standard InChI is InChI=1S/C14H14BrN3O2/c1-10-4-2-3-5-11(10)6-7-16-14-13(15)8-12(9-17-14)18(19)20/h2-5,8-9H,6-7H2,1H3,(H,16,17). The van der Waals surface area contributed by atoms with Crippen LogP contribution in [0.3, 0.4) is 0 Å². The molecular formula is C14H14BrN3O2. The van der Waals surface area contributed by atoms with Gasteiger partial charge in [0, 0.05) is 12.6 Å². The molecule has 0 aliphatic rings. The number of anilines is 1. The van der Waals surface area contributed by atoms with Gasteiger partial charge in [-0.15, -0.1) is 0 Å². The molecule has 0 atom stereocenters. The predicted octanol–water partition coefficient (Wildman–Crippen LogP) is 3.72. The van der Waals surface area contributed by atoms with E-state index in [0.717, 1.165) is 6.42 Å². The Morgan fingerprint density at radius 2 is 2.15 bits per heavy atom. The fourth-order valence-corrected chi connectivity index (χ4v) is 2.34. The van der Waals surface area contributed by atoms with Crippen molar-refractivity contribution in [3.05, 3.63) is 62.2 Å². The van der Waals surface area contributed by atoms with Gasteiger partial charge in [-0.2, -0.15) is 0 Å². The Kier molecular flexibility index (Phi) is 4.68. The summed E-state index contributed by atoms with van der Waals surface area (Å²) in [6.45, 7) is 2.80. The van der Waals surface area contributed by atoms with Crippen LogP contribution in [0.15, 0.2) is 41.0 Å². The molecule has 1 N–H and O–H groups in total. The Morgan fingerprint density at radius 1 is 1.40 bits per heavy atom. The number of hydrogen-bond acceptors (Lipinski definition) is 4. The molecule has 0 unspecified atom stereocenters. The van der Waals surface area contributed by atoms with Crippen molar-refractivity contribution >= 4 is 27.4 Å². The van der Waals surface area contributed by atoms with Crippen molar-refractivity contribution in [1.29, 1.82) is 0 Å². The minimum absolute atomic E-state index is 0.0265. The normalized spacial score (nSPS) is 10.3. The van der Waals surface area contributed by atoms with E-state index in [1.807, 2.05) is 12.1 Å². The number of rotatable bonds is 5. The van der Waals surface area contributed by atoms with E-state index in [1.165, 1.54) is 23.4 Å². The van der Waals surface area contributed by atoms with Crippen LogP contribution >= 0.6 is 15.9 Å². The largest absolute Gasteiger partial charge is 0.369 e. The Bertz CT molecular complexity index is 632. The molecule has 20 heavy (non-hydrogen) atoms. The van der Waals surface area contributed by atoms with Gasteiger partial charge in [-0.05, 0) is 40.4 Å². The summed E-state index contributed by atoms with van der Waals surface area (Å²) in [5.41, 5.74) is 2.50. The summed E-state index contributed by atoms with van der Waals surface area (Å²) in [6, 6.07) is 9.65. The minimum Gasteiger partial charge on any atom is -0.369 e. The van der Waals surface area contributed by atoms with Crippen molar-refractivity contribution in [2.45, 2.75) is 13.3 Å². The van der Waals surface area contributed by atoms with Crippen molar-refractivity contribution in [2.24, 2.45) is 0 Å². The van der Waals surface area contributed by atoms with Gasteiger partial charge < -0.3 is 5.32 Å². The summed E-state index contributed by atoms with van der Waals surface area (Å²) in [6.07, 6.45) is 2.12. The van der Waals surface area contributed by atoms with Gasteiger partial charge in [-0.25, -0.2) is 4.98 Å². The van der Waals surface area contributed by atoms with Crippen molar-refractivity contribution in [2.75, 3.05) is 11.9 Å². The third-order valence-corrected chi connectivity index (χ3v) is 3.59. The van der Waals surface area contributed by atoms with Crippen LogP contribution in [0.2, 0.25) is 0 Å². The first-order chi connectivity index (χ1) is 9.58. The third-order valence-electron chi connectivity index (χ3n) is 2.99. The summed E-state index contributed by atoms with van der Waals surface area (Å²) in [7, 11) is 0. The smallest absolute Gasteiger partial charge is 0.288 e. The van der Waals surface area contributed by atoms with E-state index in [0.29, 0.717) is 16.8 Å². The number of nitro groups is 1. The van der Waals surface area contributed by atoms with Gasteiger partial charge in [0.2, 0.25) is 0 Å². The molecule has 104 valence electrons. The maximum absolute atomic E-state index is 10.6. The molecule has 5 nitrogen and oxygen atoms in total. The predicted molar refractivity (Wildman–Crippen MR) is 82.0 cm³/mol. The lowest BCUT2D eigenvalue weighted by Gasteiger charge is -2.09. The van der Waals surface area contributed by atoms with Crippen molar-refractivity contribution in [3.8, 4) is 0 Å². The Morgan fingerprint density at radius 3 is 2.80 bits per heavy atom. The highest BCUT2D eigenvalue weighted by Crippen LogP contribution is 2.24. The number of benzene rings is 1. The second kappa shape index (κ2) is 6.47. The molecule has 0 spiro atoms. The zero-order chi connectivity index (χ0) is 14.5. The molecule has 0 saturated carbocycles. The summed E-state index contributed by atoms with van der Waals surface area (Å²) >= 11 is 3.29. The van der Waals surface area contributed by atoms with E-state index in [-0.39, 0.29) is 5.69 Å². The summed E-state index contributed by atoms with van der Waals surface area (Å²) in [5.74, 6) is 0.615. The quantitative estimate of drug-likeness (QED) is 0.667. The molecule has 1 aromatic heterocycles. The van der Waals surface area contributed by atoms with E-state index in [2.05, 4.69) is 45.3 Å². The number of pyridine rings is 1. The monoisotopic (exact) mass is 335 g/mol. The van der Waals surface area contributed by atoms with Crippen molar-refractivity contribution < 1.29 is 4.92 Å². The van der Waals surface area contributed by atoms with Crippen molar-refractivity contribution in [1.82, 2.24) is 4.98 Å². The van der Waals surface area contributed by atoms with Gasteiger partial charge >= 0.3 is 0 Å². The molecule has 2 aromatic rings. The SMILES string of the molecule is Cc1ccccc1CCNc1ncc([N+](=O)[O-])cc1Br. The van der Waals surface area contributed by atoms with E-state index in [9.17, 15) is 10.1 Å². The lowest BCUT2D eigenvalue weighted by molar-refractivity contribution is -0.385. The van der Waals surface area contributed by atoms with E-state index in [4.69, 9.17) is 0 Å². The molecular weight excluding hydrogens is 322 g/mol. The van der Waals surface area contributed by atoms with Gasteiger partial charge in [0.25, 0.3) is 5.69 Å². The molecule has 0 radical (unpaired) electrons. The fraction of sp³-hybridized carbons (Fsp3) is 0.214. The fourth-order valence-electron chi connectivity index (χ4n) is 1.86. The third kappa shape index (κ3) is 3.54. The maximum Gasteiger partial charge on any atom is 0.288 e. The number of nitrogens with one attached hydrogen (secondary N) is 1. The Hall–Kier alpha value is -1.95. The minimum atomic E-state index is -0.463. The van der Waals surface area contributed by atoms with Gasteiger partial charge in [0.05, 0.1) is 9.40 Å². The van der Waals surface area contributed by atoms with Gasteiger partial charge in [0.15, 0.2) is 0 Å². The number of halogens is 1. The lowest BCUT2D eigenvalue weighted by Crippen LogP contribution is -2.08. The second-order valence-electron chi connectivity index (χ2n) is 4.38. The van der Waals surface area contributed by atoms with Crippen LogP contribution in [0, 0.1) is 17.0 Å². The average Bonchev–Trinajstić information content (AvgIpc) is 2.42. The number of aromatic nitrogens is 1. The number of hydrogen-bond donors (Lipinski definition) is 1.